The average molecular weight is 408 g/mol. The van der Waals surface area contributed by atoms with Gasteiger partial charge in [-0.05, 0) is 31.2 Å². The van der Waals surface area contributed by atoms with Crippen molar-refractivity contribution in [3.63, 3.8) is 0 Å². The molecule has 0 saturated heterocycles. The van der Waals surface area contributed by atoms with Crippen LogP contribution in [-0.2, 0) is 25.7 Å². The zero-order valence-electron chi connectivity index (χ0n) is 17.8. The summed E-state index contributed by atoms with van der Waals surface area (Å²) in [6, 6.07) is 4.77. The number of hydrogen-bond acceptors (Lipinski definition) is 6. The zero-order valence-corrected chi connectivity index (χ0v) is 17.8. The van der Waals surface area contributed by atoms with Crippen molar-refractivity contribution in [1.82, 2.24) is 0 Å². The number of ether oxygens (including phenoxy) is 2. The summed E-state index contributed by atoms with van der Waals surface area (Å²) in [5, 5.41) is 10.9. The lowest BCUT2D eigenvalue weighted by Crippen LogP contribution is -2.09. The minimum atomic E-state index is -0.435. The summed E-state index contributed by atoms with van der Waals surface area (Å²) < 4.78 is 10.4. The van der Waals surface area contributed by atoms with E-state index >= 15 is 0 Å². The van der Waals surface area contributed by atoms with E-state index in [1.807, 2.05) is 13.8 Å². The Morgan fingerprint density at radius 3 is 2.07 bits per heavy atom. The number of nitrogens with zero attached hydrogens (tertiary/aromatic N) is 1. The minimum absolute atomic E-state index is 0.0340. The summed E-state index contributed by atoms with van der Waals surface area (Å²) in [5.41, 5.74) is 1.21. The fourth-order valence-corrected chi connectivity index (χ4v) is 2.83. The molecule has 162 valence electrons. The quantitative estimate of drug-likeness (QED) is 0.180. The normalized spacial score (nSPS) is 10.8. The van der Waals surface area contributed by atoms with Crippen molar-refractivity contribution in [3.05, 3.63) is 39.4 Å². The number of rotatable bonds is 14. The van der Waals surface area contributed by atoms with Crippen molar-refractivity contribution < 1.29 is 24.0 Å². The van der Waals surface area contributed by atoms with Gasteiger partial charge in [0.1, 0.15) is 6.61 Å². The molecule has 29 heavy (non-hydrogen) atoms. The number of carbonyl (C=O) groups excluding carboxylic acids is 2. The predicted molar refractivity (Wildman–Crippen MR) is 110 cm³/mol. The summed E-state index contributed by atoms with van der Waals surface area (Å²) in [6.07, 6.45) is 6.35. The van der Waals surface area contributed by atoms with E-state index in [9.17, 15) is 19.7 Å². The monoisotopic (exact) mass is 407 g/mol. The molecule has 0 heterocycles. The molecular formula is C22H33NO6. The SMILES string of the molecule is Cc1c(COC(=O)CCCCCCCCC(=O)OCC(C)C)cccc1[N+](=O)[O-]. The van der Waals surface area contributed by atoms with E-state index in [4.69, 9.17) is 9.47 Å². The van der Waals surface area contributed by atoms with Crippen LogP contribution in [0.4, 0.5) is 5.69 Å². The Labute approximate surface area is 172 Å². The van der Waals surface area contributed by atoms with E-state index < -0.39 is 4.92 Å². The number of unbranched alkanes of at least 4 members (excludes halogenated alkanes) is 5. The third-order valence-electron chi connectivity index (χ3n) is 4.59. The molecule has 1 rings (SSSR count). The Hall–Kier alpha value is -2.44. The van der Waals surface area contributed by atoms with Crippen LogP contribution in [0.15, 0.2) is 18.2 Å². The molecule has 0 amide bonds. The summed E-state index contributed by atoms with van der Waals surface area (Å²) in [5.74, 6) is -0.0508. The van der Waals surface area contributed by atoms with Crippen LogP contribution in [0.2, 0.25) is 0 Å². The topological polar surface area (TPSA) is 95.7 Å². The van der Waals surface area contributed by atoms with Crippen molar-refractivity contribution in [2.24, 2.45) is 5.92 Å². The molecule has 0 aliphatic heterocycles. The van der Waals surface area contributed by atoms with Crippen molar-refractivity contribution in [2.75, 3.05) is 6.61 Å². The van der Waals surface area contributed by atoms with Gasteiger partial charge in [-0.15, -0.1) is 0 Å². The maximum atomic E-state index is 11.9. The molecule has 0 aliphatic carbocycles. The second kappa shape index (κ2) is 13.7. The van der Waals surface area contributed by atoms with Crippen molar-refractivity contribution in [1.29, 1.82) is 0 Å². The van der Waals surface area contributed by atoms with Crippen molar-refractivity contribution in [3.8, 4) is 0 Å². The van der Waals surface area contributed by atoms with Crippen LogP contribution in [0.3, 0.4) is 0 Å². The smallest absolute Gasteiger partial charge is 0.306 e. The average Bonchev–Trinajstić information content (AvgIpc) is 2.67. The standard InChI is InChI=1S/C22H33NO6/c1-17(2)15-28-21(24)13-8-6-4-5-7-9-14-22(25)29-16-19-11-10-12-20(18(19)3)23(26)27/h10-12,17H,4-9,13-16H2,1-3H3. The van der Waals surface area contributed by atoms with E-state index in [1.165, 1.54) is 6.07 Å². The molecule has 0 N–H and O–H groups in total. The predicted octanol–water partition coefficient (Wildman–Crippen LogP) is 5.27. The van der Waals surface area contributed by atoms with Gasteiger partial charge in [0, 0.05) is 24.5 Å². The Kier molecular flexibility index (Phi) is 11.6. The number of nitro groups is 1. The Morgan fingerprint density at radius 1 is 0.966 bits per heavy atom. The van der Waals surface area contributed by atoms with Crippen LogP contribution >= 0.6 is 0 Å². The number of benzene rings is 1. The molecule has 0 saturated carbocycles. The highest BCUT2D eigenvalue weighted by molar-refractivity contribution is 5.69. The Bertz CT molecular complexity index is 671. The Balaban J connectivity index is 2.08. The largest absolute Gasteiger partial charge is 0.465 e. The van der Waals surface area contributed by atoms with Crippen LogP contribution in [0, 0.1) is 23.0 Å². The second-order valence-electron chi connectivity index (χ2n) is 7.68. The molecule has 1 aromatic carbocycles. The van der Waals surface area contributed by atoms with Crippen molar-refractivity contribution in [2.45, 2.75) is 78.7 Å². The summed E-state index contributed by atoms with van der Waals surface area (Å²) in [7, 11) is 0. The van der Waals surface area contributed by atoms with Crippen LogP contribution < -0.4 is 0 Å². The first kappa shape index (κ1) is 24.6. The van der Waals surface area contributed by atoms with E-state index in [0.29, 0.717) is 36.5 Å². The van der Waals surface area contributed by atoms with E-state index in [0.717, 1.165) is 38.5 Å². The van der Waals surface area contributed by atoms with Gasteiger partial charge in [0.2, 0.25) is 0 Å². The van der Waals surface area contributed by atoms with Crippen LogP contribution in [-0.4, -0.2) is 23.5 Å². The number of nitro benzene ring substituents is 1. The van der Waals surface area contributed by atoms with Gasteiger partial charge in [-0.1, -0.05) is 51.7 Å². The fourth-order valence-electron chi connectivity index (χ4n) is 2.83. The molecule has 7 heteroatoms. The summed E-state index contributed by atoms with van der Waals surface area (Å²) >= 11 is 0. The van der Waals surface area contributed by atoms with Crippen LogP contribution in [0.5, 0.6) is 0 Å². The number of carbonyl (C=O) groups is 2. The van der Waals surface area contributed by atoms with Gasteiger partial charge in [0.15, 0.2) is 0 Å². The maximum Gasteiger partial charge on any atom is 0.306 e. The van der Waals surface area contributed by atoms with Gasteiger partial charge in [-0.25, -0.2) is 0 Å². The highest BCUT2D eigenvalue weighted by Gasteiger charge is 2.14. The minimum Gasteiger partial charge on any atom is -0.465 e. The molecule has 0 atom stereocenters. The van der Waals surface area contributed by atoms with Gasteiger partial charge >= 0.3 is 11.9 Å². The molecule has 0 radical (unpaired) electrons. The summed E-state index contributed by atoms with van der Waals surface area (Å²) in [4.78, 5) is 33.9. The first-order chi connectivity index (χ1) is 13.8. The van der Waals surface area contributed by atoms with Gasteiger partial charge < -0.3 is 9.47 Å². The van der Waals surface area contributed by atoms with Gasteiger partial charge in [-0.3, -0.25) is 19.7 Å². The highest BCUT2D eigenvalue weighted by atomic mass is 16.6. The molecule has 7 nitrogen and oxygen atoms in total. The van der Waals surface area contributed by atoms with E-state index in [-0.39, 0.29) is 24.2 Å². The molecule has 0 aliphatic rings. The van der Waals surface area contributed by atoms with Crippen molar-refractivity contribution >= 4 is 17.6 Å². The third-order valence-corrected chi connectivity index (χ3v) is 4.59. The first-order valence-corrected chi connectivity index (χ1v) is 10.4. The zero-order chi connectivity index (χ0) is 21.6. The number of hydrogen-bond donors (Lipinski definition) is 0. The lowest BCUT2D eigenvalue weighted by molar-refractivity contribution is -0.385. The van der Waals surface area contributed by atoms with E-state index in [2.05, 4.69) is 0 Å². The third kappa shape index (κ3) is 10.6. The molecule has 0 aromatic heterocycles. The molecule has 1 aromatic rings. The lowest BCUT2D eigenvalue weighted by Gasteiger charge is -2.08. The van der Waals surface area contributed by atoms with Gasteiger partial charge in [0.05, 0.1) is 11.5 Å². The Morgan fingerprint density at radius 2 is 1.52 bits per heavy atom. The molecular weight excluding hydrogens is 374 g/mol. The molecule has 0 bridgehead atoms. The van der Waals surface area contributed by atoms with Gasteiger partial charge in [0.25, 0.3) is 5.69 Å². The van der Waals surface area contributed by atoms with Crippen LogP contribution in [0.1, 0.15) is 76.3 Å². The van der Waals surface area contributed by atoms with Crippen LogP contribution in [0.25, 0.3) is 0 Å². The lowest BCUT2D eigenvalue weighted by atomic mass is 10.1. The molecule has 0 spiro atoms. The second-order valence-corrected chi connectivity index (χ2v) is 7.68. The van der Waals surface area contributed by atoms with Gasteiger partial charge in [-0.2, -0.15) is 0 Å². The molecule has 0 unspecified atom stereocenters. The molecule has 0 fully saturated rings. The summed E-state index contributed by atoms with van der Waals surface area (Å²) in [6.45, 7) is 6.22. The van der Waals surface area contributed by atoms with E-state index in [1.54, 1.807) is 19.1 Å². The maximum absolute atomic E-state index is 11.9. The first-order valence-electron chi connectivity index (χ1n) is 10.4. The fraction of sp³-hybridized carbons (Fsp3) is 0.636. The number of esters is 2. The highest BCUT2D eigenvalue weighted by Crippen LogP contribution is 2.21.